The van der Waals surface area contributed by atoms with Crippen LogP contribution in [-0.2, 0) is 5.88 Å². The maximum absolute atomic E-state index is 5.79. The van der Waals surface area contributed by atoms with E-state index >= 15 is 0 Å². The Morgan fingerprint density at radius 3 is 2.32 bits per heavy atom. The van der Waals surface area contributed by atoms with Crippen molar-refractivity contribution in [2.75, 3.05) is 0 Å². The van der Waals surface area contributed by atoms with Gasteiger partial charge in [0.05, 0.1) is 11.9 Å². The quantitative estimate of drug-likeness (QED) is 0.649. The molecule has 0 atom stereocenters. The Bertz CT molecular complexity index is 657. The number of hydrogen-bond acceptors (Lipinski definition) is 1. The summed E-state index contributed by atoms with van der Waals surface area (Å²) < 4.78 is 1.88. The van der Waals surface area contributed by atoms with Crippen molar-refractivity contribution < 1.29 is 0 Å². The standard InChI is InChI=1S/C16H13ClN2/c17-10-13-6-8-16(9-7-13)19-12-15(11-18-19)14-4-2-1-3-5-14/h1-9,11-12H,10H2. The Balaban J connectivity index is 1.92. The lowest BCUT2D eigenvalue weighted by molar-refractivity contribution is 0.880. The number of aromatic nitrogens is 2. The SMILES string of the molecule is ClCc1ccc(-n2cc(-c3ccccc3)cn2)cc1. The molecule has 0 spiro atoms. The largest absolute Gasteiger partial charge is 0.240 e. The average Bonchev–Trinajstić information content (AvgIpc) is 2.98. The first-order valence-corrected chi connectivity index (χ1v) is 6.65. The van der Waals surface area contributed by atoms with Gasteiger partial charge < -0.3 is 0 Å². The van der Waals surface area contributed by atoms with Crippen molar-refractivity contribution in [3.8, 4) is 16.8 Å². The summed E-state index contributed by atoms with van der Waals surface area (Å²) in [5, 5.41) is 4.40. The van der Waals surface area contributed by atoms with E-state index in [1.165, 1.54) is 5.56 Å². The van der Waals surface area contributed by atoms with Gasteiger partial charge in [0.15, 0.2) is 0 Å². The van der Waals surface area contributed by atoms with Crippen LogP contribution in [0.2, 0.25) is 0 Å². The summed E-state index contributed by atoms with van der Waals surface area (Å²) in [5.74, 6) is 0.536. The predicted molar refractivity (Wildman–Crippen MR) is 78.6 cm³/mol. The third kappa shape index (κ3) is 2.54. The van der Waals surface area contributed by atoms with Crippen LogP contribution in [-0.4, -0.2) is 9.78 Å². The predicted octanol–water partition coefficient (Wildman–Crippen LogP) is 4.28. The summed E-state index contributed by atoms with van der Waals surface area (Å²) in [6.45, 7) is 0. The molecular formula is C16H13ClN2. The molecule has 1 aromatic heterocycles. The number of alkyl halides is 1. The van der Waals surface area contributed by atoms with Gasteiger partial charge in [-0.05, 0) is 23.3 Å². The fourth-order valence-corrected chi connectivity index (χ4v) is 2.16. The Morgan fingerprint density at radius 2 is 1.63 bits per heavy atom. The molecule has 1 heterocycles. The van der Waals surface area contributed by atoms with Crippen molar-refractivity contribution in [2.45, 2.75) is 5.88 Å². The van der Waals surface area contributed by atoms with E-state index in [0.717, 1.165) is 16.8 Å². The number of hydrogen-bond donors (Lipinski definition) is 0. The second kappa shape index (κ2) is 5.29. The molecule has 2 aromatic carbocycles. The van der Waals surface area contributed by atoms with E-state index < -0.39 is 0 Å². The van der Waals surface area contributed by atoms with Crippen molar-refractivity contribution in [3.63, 3.8) is 0 Å². The fraction of sp³-hybridized carbons (Fsp3) is 0.0625. The van der Waals surface area contributed by atoms with E-state index in [9.17, 15) is 0 Å². The number of halogens is 1. The van der Waals surface area contributed by atoms with Gasteiger partial charge in [-0.15, -0.1) is 11.6 Å². The van der Waals surface area contributed by atoms with Crippen molar-refractivity contribution >= 4 is 11.6 Å². The van der Waals surface area contributed by atoms with Crippen LogP contribution < -0.4 is 0 Å². The molecule has 3 heteroatoms. The van der Waals surface area contributed by atoms with Gasteiger partial charge in [0, 0.05) is 17.6 Å². The lowest BCUT2D eigenvalue weighted by Crippen LogP contribution is -1.93. The molecule has 2 nitrogen and oxygen atoms in total. The first-order valence-electron chi connectivity index (χ1n) is 6.12. The summed E-state index contributed by atoms with van der Waals surface area (Å²) in [6.07, 6.45) is 3.91. The Morgan fingerprint density at radius 1 is 0.895 bits per heavy atom. The van der Waals surface area contributed by atoms with E-state index in [2.05, 4.69) is 17.2 Å². The van der Waals surface area contributed by atoms with Crippen LogP contribution in [0.5, 0.6) is 0 Å². The minimum Gasteiger partial charge on any atom is -0.240 e. The number of benzene rings is 2. The van der Waals surface area contributed by atoms with Gasteiger partial charge >= 0.3 is 0 Å². The van der Waals surface area contributed by atoms with E-state index in [1.54, 1.807) is 0 Å². The van der Waals surface area contributed by atoms with E-state index in [4.69, 9.17) is 11.6 Å². The maximum atomic E-state index is 5.79. The molecular weight excluding hydrogens is 256 g/mol. The molecule has 94 valence electrons. The number of rotatable bonds is 3. The zero-order valence-electron chi connectivity index (χ0n) is 10.3. The van der Waals surface area contributed by atoms with Gasteiger partial charge in [-0.1, -0.05) is 42.5 Å². The third-order valence-electron chi connectivity index (χ3n) is 3.04. The van der Waals surface area contributed by atoms with Gasteiger partial charge in [-0.3, -0.25) is 0 Å². The molecule has 0 unspecified atom stereocenters. The lowest BCUT2D eigenvalue weighted by Gasteiger charge is -2.02. The highest BCUT2D eigenvalue weighted by atomic mass is 35.5. The van der Waals surface area contributed by atoms with E-state index in [-0.39, 0.29) is 0 Å². The highest BCUT2D eigenvalue weighted by molar-refractivity contribution is 6.17. The molecule has 0 radical (unpaired) electrons. The Hall–Kier alpha value is -2.06. The summed E-state index contributed by atoms with van der Waals surface area (Å²) in [6, 6.07) is 18.3. The molecule has 0 N–H and O–H groups in total. The van der Waals surface area contributed by atoms with Gasteiger partial charge in [0.25, 0.3) is 0 Å². The van der Waals surface area contributed by atoms with E-state index in [0.29, 0.717) is 5.88 Å². The molecule has 3 rings (SSSR count). The minimum absolute atomic E-state index is 0.536. The molecule has 0 saturated heterocycles. The van der Waals surface area contributed by atoms with Crippen LogP contribution in [0.3, 0.4) is 0 Å². The van der Waals surface area contributed by atoms with Crippen LogP contribution >= 0.6 is 11.6 Å². The topological polar surface area (TPSA) is 17.8 Å². The minimum atomic E-state index is 0.536. The lowest BCUT2D eigenvalue weighted by atomic mass is 10.1. The molecule has 0 amide bonds. The first-order chi connectivity index (χ1) is 9.36. The van der Waals surface area contributed by atoms with Gasteiger partial charge in [0.2, 0.25) is 0 Å². The monoisotopic (exact) mass is 268 g/mol. The van der Waals surface area contributed by atoms with Crippen molar-refractivity contribution in [3.05, 3.63) is 72.6 Å². The third-order valence-corrected chi connectivity index (χ3v) is 3.35. The molecule has 0 aliphatic heterocycles. The second-order valence-electron chi connectivity index (χ2n) is 4.34. The van der Waals surface area contributed by atoms with Crippen LogP contribution in [0.4, 0.5) is 0 Å². The van der Waals surface area contributed by atoms with Crippen LogP contribution in [0.1, 0.15) is 5.56 Å². The zero-order chi connectivity index (χ0) is 13.1. The van der Waals surface area contributed by atoms with Crippen LogP contribution in [0.25, 0.3) is 16.8 Å². The Kier molecular flexibility index (Phi) is 3.34. The maximum Gasteiger partial charge on any atom is 0.0646 e. The zero-order valence-corrected chi connectivity index (χ0v) is 11.1. The van der Waals surface area contributed by atoms with Gasteiger partial charge in [-0.25, -0.2) is 4.68 Å². The van der Waals surface area contributed by atoms with Gasteiger partial charge in [-0.2, -0.15) is 5.10 Å². The second-order valence-corrected chi connectivity index (χ2v) is 4.61. The highest BCUT2D eigenvalue weighted by Gasteiger charge is 2.02. The first kappa shape index (κ1) is 12.0. The molecule has 0 saturated carbocycles. The molecule has 0 aliphatic carbocycles. The normalized spacial score (nSPS) is 10.6. The van der Waals surface area contributed by atoms with Crippen molar-refractivity contribution in [1.29, 1.82) is 0 Å². The summed E-state index contributed by atoms with van der Waals surface area (Å²) in [7, 11) is 0. The average molecular weight is 269 g/mol. The summed E-state index contributed by atoms with van der Waals surface area (Å²) in [4.78, 5) is 0. The highest BCUT2D eigenvalue weighted by Crippen LogP contribution is 2.19. The van der Waals surface area contributed by atoms with Gasteiger partial charge in [0.1, 0.15) is 0 Å². The molecule has 0 aliphatic rings. The molecule has 3 aromatic rings. The molecule has 0 fully saturated rings. The van der Waals surface area contributed by atoms with Crippen LogP contribution in [0.15, 0.2) is 67.0 Å². The number of nitrogens with zero attached hydrogens (tertiary/aromatic N) is 2. The smallest absolute Gasteiger partial charge is 0.0646 e. The van der Waals surface area contributed by atoms with Crippen molar-refractivity contribution in [2.24, 2.45) is 0 Å². The molecule has 0 bridgehead atoms. The fourth-order valence-electron chi connectivity index (χ4n) is 1.98. The van der Waals surface area contributed by atoms with Crippen LogP contribution in [0, 0.1) is 0 Å². The summed E-state index contributed by atoms with van der Waals surface area (Å²) >= 11 is 5.79. The van der Waals surface area contributed by atoms with E-state index in [1.807, 2.05) is 59.5 Å². The summed E-state index contributed by atoms with van der Waals surface area (Å²) in [5.41, 5.74) is 4.44. The molecule has 19 heavy (non-hydrogen) atoms. The van der Waals surface area contributed by atoms with Crippen molar-refractivity contribution in [1.82, 2.24) is 9.78 Å². The Labute approximate surface area is 117 Å².